The first-order chi connectivity index (χ1) is 11.0. The molecule has 0 bridgehead atoms. The Labute approximate surface area is 141 Å². The van der Waals surface area contributed by atoms with Crippen LogP contribution in [0.15, 0.2) is 18.2 Å². The van der Waals surface area contributed by atoms with E-state index < -0.39 is 11.4 Å². The maximum Gasteiger partial charge on any atom is 0.310 e. The van der Waals surface area contributed by atoms with Gasteiger partial charge in [0, 0.05) is 11.4 Å². The molecule has 2 rings (SSSR count). The second-order valence-electron chi connectivity index (χ2n) is 6.07. The number of methoxy groups -OCH3 is 1. The maximum absolute atomic E-state index is 12.4. The van der Waals surface area contributed by atoms with Gasteiger partial charge in [0.15, 0.2) is 0 Å². The standard InChI is InChI=1S/C17H22ClNO4/c1-23-14-7-6-12(18)10-13(14)19-15(20)11-17(16(21)22)8-4-2-3-5-9-17/h6-7,10H,2-5,8-9,11H2,1H3,(H,19,20)(H,21,22). The number of hydrogen-bond donors (Lipinski definition) is 2. The average molecular weight is 340 g/mol. The van der Waals surface area contributed by atoms with Crippen LogP contribution >= 0.6 is 11.6 Å². The molecule has 1 amide bonds. The van der Waals surface area contributed by atoms with Crippen molar-refractivity contribution in [3.63, 3.8) is 0 Å². The summed E-state index contributed by atoms with van der Waals surface area (Å²) in [5, 5.41) is 12.9. The van der Waals surface area contributed by atoms with Gasteiger partial charge in [-0.3, -0.25) is 9.59 Å². The smallest absolute Gasteiger partial charge is 0.310 e. The predicted octanol–water partition coefficient (Wildman–Crippen LogP) is 4.10. The molecule has 126 valence electrons. The summed E-state index contributed by atoms with van der Waals surface area (Å²) in [6, 6.07) is 4.93. The van der Waals surface area contributed by atoms with Crippen LogP contribution in [0.3, 0.4) is 0 Å². The zero-order valence-corrected chi connectivity index (χ0v) is 14.0. The Kier molecular flexibility index (Phi) is 5.88. The molecule has 0 radical (unpaired) electrons. The Bertz CT molecular complexity index is 580. The van der Waals surface area contributed by atoms with Gasteiger partial charge in [-0.2, -0.15) is 0 Å². The summed E-state index contributed by atoms with van der Waals surface area (Å²) in [5.41, 5.74) is -0.508. The Hall–Kier alpha value is -1.75. The number of nitrogens with one attached hydrogen (secondary N) is 1. The molecule has 1 aromatic carbocycles. The molecule has 6 heteroatoms. The highest BCUT2D eigenvalue weighted by atomic mass is 35.5. The van der Waals surface area contributed by atoms with Crippen molar-refractivity contribution in [1.82, 2.24) is 0 Å². The lowest BCUT2D eigenvalue weighted by Gasteiger charge is -2.27. The number of hydrogen-bond acceptors (Lipinski definition) is 3. The fourth-order valence-electron chi connectivity index (χ4n) is 3.15. The van der Waals surface area contributed by atoms with Crippen LogP contribution in [-0.4, -0.2) is 24.1 Å². The molecule has 1 fully saturated rings. The molecule has 5 nitrogen and oxygen atoms in total. The van der Waals surface area contributed by atoms with E-state index in [9.17, 15) is 14.7 Å². The maximum atomic E-state index is 12.4. The van der Waals surface area contributed by atoms with Crippen LogP contribution in [0.5, 0.6) is 5.75 Å². The van der Waals surface area contributed by atoms with Gasteiger partial charge in [0.25, 0.3) is 0 Å². The number of rotatable bonds is 5. The fraction of sp³-hybridized carbons (Fsp3) is 0.529. The Morgan fingerprint density at radius 2 is 1.91 bits per heavy atom. The number of ether oxygens (including phenoxy) is 1. The van der Waals surface area contributed by atoms with E-state index in [0.29, 0.717) is 29.3 Å². The third-order valence-corrected chi connectivity index (χ3v) is 4.68. The Morgan fingerprint density at radius 3 is 2.48 bits per heavy atom. The molecular weight excluding hydrogens is 318 g/mol. The minimum absolute atomic E-state index is 0.0298. The predicted molar refractivity (Wildman–Crippen MR) is 89.0 cm³/mol. The minimum Gasteiger partial charge on any atom is -0.495 e. The number of carbonyl (C=O) groups is 2. The van der Waals surface area contributed by atoms with Crippen molar-refractivity contribution < 1.29 is 19.4 Å². The molecule has 1 aromatic rings. The topological polar surface area (TPSA) is 75.6 Å². The van der Waals surface area contributed by atoms with E-state index in [1.165, 1.54) is 7.11 Å². The van der Waals surface area contributed by atoms with Gasteiger partial charge < -0.3 is 15.2 Å². The highest BCUT2D eigenvalue weighted by Crippen LogP contribution is 2.39. The van der Waals surface area contributed by atoms with Crippen LogP contribution in [0.4, 0.5) is 5.69 Å². The van der Waals surface area contributed by atoms with Gasteiger partial charge in [-0.05, 0) is 31.0 Å². The van der Waals surface area contributed by atoms with E-state index in [1.807, 2.05) is 0 Å². The van der Waals surface area contributed by atoms with E-state index in [-0.39, 0.29) is 12.3 Å². The summed E-state index contributed by atoms with van der Waals surface area (Å²) in [4.78, 5) is 24.2. The summed E-state index contributed by atoms with van der Waals surface area (Å²) in [5.74, 6) is -0.713. The van der Waals surface area contributed by atoms with E-state index in [2.05, 4.69) is 5.32 Å². The molecule has 0 spiro atoms. The van der Waals surface area contributed by atoms with Crippen LogP contribution < -0.4 is 10.1 Å². The van der Waals surface area contributed by atoms with Crippen LogP contribution in [-0.2, 0) is 9.59 Å². The van der Waals surface area contributed by atoms with Crippen LogP contribution in [0.1, 0.15) is 44.9 Å². The molecule has 0 heterocycles. The summed E-state index contributed by atoms with van der Waals surface area (Å²) in [7, 11) is 1.50. The van der Waals surface area contributed by atoms with Gasteiger partial charge in [0.1, 0.15) is 5.75 Å². The third-order valence-electron chi connectivity index (χ3n) is 4.45. The number of amides is 1. The molecule has 1 aliphatic carbocycles. The second kappa shape index (κ2) is 7.68. The number of carboxylic acids is 1. The van der Waals surface area contributed by atoms with Crippen molar-refractivity contribution in [3.8, 4) is 5.75 Å². The lowest BCUT2D eigenvalue weighted by Crippen LogP contribution is -2.35. The van der Waals surface area contributed by atoms with E-state index in [1.54, 1.807) is 18.2 Å². The third kappa shape index (κ3) is 4.38. The lowest BCUT2D eigenvalue weighted by atomic mass is 9.77. The van der Waals surface area contributed by atoms with E-state index in [0.717, 1.165) is 25.7 Å². The van der Waals surface area contributed by atoms with Gasteiger partial charge in [-0.15, -0.1) is 0 Å². The normalized spacial score (nSPS) is 17.1. The van der Waals surface area contributed by atoms with Crippen LogP contribution in [0.2, 0.25) is 5.02 Å². The van der Waals surface area contributed by atoms with Crippen molar-refractivity contribution in [2.45, 2.75) is 44.9 Å². The molecule has 1 aliphatic rings. The van der Waals surface area contributed by atoms with Crippen molar-refractivity contribution in [1.29, 1.82) is 0 Å². The highest BCUT2D eigenvalue weighted by Gasteiger charge is 2.40. The molecular formula is C17H22ClNO4. The number of anilines is 1. The summed E-state index contributed by atoms with van der Waals surface area (Å²) < 4.78 is 5.19. The zero-order chi connectivity index (χ0) is 16.9. The summed E-state index contributed by atoms with van der Waals surface area (Å²) >= 11 is 5.95. The van der Waals surface area contributed by atoms with Crippen molar-refractivity contribution in [3.05, 3.63) is 23.2 Å². The van der Waals surface area contributed by atoms with Crippen molar-refractivity contribution in [2.75, 3.05) is 12.4 Å². The summed E-state index contributed by atoms with van der Waals surface area (Å²) in [6.45, 7) is 0. The van der Waals surface area contributed by atoms with Gasteiger partial charge in [-0.25, -0.2) is 0 Å². The number of carbonyl (C=O) groups excluding carboxylic acids is 1. The Morgan fingerprint density at radius 1 is 1.26 bits per heavy atom. The number of benzene rings is 1. The number of halogens is 1. The monoisotopic (exact) mass is 339 g/mol. The first-order valence-corrected chi connectivity index (χ1v) is 8.21. The van der Waals surface area contributed by atoms with Gasteiger partial charge in [0.2, 0.25) is 5.91 Å². The Balaban J connectivity index is 2.13. The fourth-order valence-corrected chi connectivity index (χ4v) is 3.32. The van der Waals surface area contributed by atoms with Crippen molar-refractivity contribution >= 4 is 29.2 Å². The molecule has 2 N–H and O–H groups in total. The van der Waals surface area contributed by atoms with Gasteiger partial charge in [-0.1, -0.05) is 37.3 Å². The molecule has 0 unspecified atom stereocenters. The molecule has 0 aliphatic heterocycles. The largest absolute Gasteiger partial charge is 0.495 e. The van der Waals surface area contributed by atoms with Crippen molar-refractivity contribution in [2.24, 2.45) is 5.41 Å². The minimum atomic E-state index is -0.966. The average Bonchev–Trinajstić information content (AvgIpc) is 2.74. The lowest BCUT2D eigenvalue weighted by molar-refractivity contribution is -0.152. The molecule has 1 saturated carbocycles. The molecule has 0 aromatic heterocycles. The van der Waals surface area contributed by atoms with E-state index in [4.69, 9.17) is 16.3 Å². The van der Waals surface area contributed by atoms with Gasteiger partial charge in [0.05, 0.1) is 18.2 Å². The SMILES string of the molecule is COc1ccc(Cl)cc1NC(=O)CC1(C(=O)O)CCCCCC1. The quantitative estimate of drug-likeness (QED) is 0.792. The molecule has 0 saturated heterocycles. The molecule has 23 heavy (non-hydrogen) atoms. The zero-order valence-electron chi connectivity index (χ0n) is 13.2. The number of aliphatic carboxylic acids is 1. The number of carboxylic acid groups (broad SMARTS) is 1. The van der Waals surface area contributed by atoms with Gasteiger partial charge >= 0.3 is 5.97 Å². The first-order valence-electron chi connectivity index (χ1n) is 7.84. The summed E-state index contributed by atoms with van der Waals surface area (Å²) in [6.07, 6.45) is 4.81. The highest BCUT2D eigenvalue weighted by molar-refractivity contribution is 6.31. The first kappa shape index (κ1) is 17.6. The van der Waals surface area contributed by atoms with Crippen LogP contribution in [0.25, 0.3) is 0 Å². The second-order valence-corrected chi connectivity index (χ2v) is 6.51. The van der Waals surface area contributed by atoms with E-state index >= 15 is 0 Å². The molecule has 0 atom stereocenters. The van der Waals surface area contributed by atoms with Crippen LogP contribution in [0, 0.1) is 5.41 Å².